The van der Waals surface area contributed by atoms with E-state index in [0.717, 1.165) is 6.42 Å². The van der Waals surface area contributed by atoms with Crippen LogP contribution in [0.15, 0.2) is 0 Å². The lowest BCUT2D eigenvalue weighted by atomic mass is 9.99. The third-order valence-corrected chi connectivity index (χ3v) is 2.95. The summed E-state index contributed by atoms with van der Waals surface area (Å²) in [6.45, 7) is 3.77. The summed E-state index contributed by atoms with van der Waals surface area (Å²) in [5.74, 6) is -2.46. The van der Waals surface area contributed by atoms with Crippen LogP contribution in [-0.4, -0.2) is 29.9 Å². The van der Waals surface area contributed by atoms with Crippen molar-refractivity contribution in [2.24, 2.45) is 11.7 Å². The fourth-order valence-corrected chi connectivity index (χ4v) is 1.36. The number of rotatable bonds is 8. The Morgan fingerprint density at radius 1 is 1.39 bits per heavy atom. The maximum atomic E-state index is 11.7. The van der Waals surface area contributed by atoms with Crippen molar-refractivity contribution < 1.29 is 25.2 Å². The van der Waals surface area contributed by atoms with E-state index in [1.807, 2.05) is 13.8 Å². The van der Waals surface area contributed by atoms with Gasteiger partial charge in [-0.1, -0.05) is 13.8 Å². The Morgan fingerprint density at radius 3 is 2.33 bits per heavy atom. The van der Waals surface area contributed by atoms with E-state index >= 15 is 0 Å². The first-order valence-corrected chi connectivity index (χ1v) is 5.92. The molecule has 0 aliphatic carbocycles. The standard InChI is InChI=1S/C11H21N3O4/c1-3-6(2)9(13)10(16)14-7(11(17)18)4-5-8(12)15/h6-7,9H,3-5,13H2,1-2H3,(H2,12,15)(H,14,16)(H,17,18)/t6-,7-,9-/m0/s1. The zero-order valence-corrected chi connectivity index (χ0v) is 10.8. The normalized spacial score (nSPS) is 15.5. The Morgan fingerprint density at radius 2 is 1.94 bits per heavy atom. The van der Waals surface area contributed by atoms with E-state index in [4.69, 9.17) is 5.73 Å². The smallest absolute Gasteiger partial charge is 0.278 e. The maximum Gasteiger partial charge on any atom is 0.278 e. The first-order valence-electron chi connectivity index (χ1n) is 5.92. The number of nitrogens with one attached hydrogen (secondary N) is 1. The summed E-state index contributed by atoms with van der Waals surface area (Å²) in [5.41, 5.74) is 8.62. The van der Waals surface area contributed by atoms with Crippen LogP contribution in [0.5, 0.6) is 0 Å². The molecule has 0 aromatic carbocycles. The number of primary amides is 1. The molecule has 0 heterocycles. The molecule has 0 fully saturated rings. The van der Waals surface area contributed by atoms with E-state index in [0.29, 0.717) is 0 Å². The van der Waals surface area contributed by atoms with Crippen LogP contribution < -0.4 is 21.9 Å². The molecule has 0 saturated heterocycles. The fraction of sp³-hybridized carbons (Fsp3) is 0.727. The summed E-state index contributed by atoms with van der Waals surface area (Å²) in [6.07, 6.45) is 0.569. The van der Waals surface area contributed by atoms with Crippen LogP contribution in [0.1, 0.15) is 33.1 Å². The number of carboxylic acids is 1. The number of carboxylic acid groups (broad SMARTS) is 1. The lowest BCUT2D eigenvalue weighted by molar-refractivity contribution is -0.415. The highest BCUT2D eigenvalue weighted by molar-refractivity contribution is 5.85. The van der Waals surface area contributed by atoms with Crippen LogP contribution in [0.25, 0.3) is 0 Å². The summed E-state index contributed by atoms with van der Waals surface area (Å²) in [5, 5.41) is 13.1. The third-order valence-electron chi connectivity index (χ3n) is 2.95. The summed E-state index contributed by atoms with van der Waals surface area (Å²) < 4.78 is 0. The molecule has 0 aliphatic heterocycles. The lowest BCUT2D eigenvalue weighted by Crippen LogP contribution is -2.71. The zero-order chi connectivity index (χ0) is 14.3. The van der Waals surface area contributed by atoms with Gasteiger partial charge in [-0.05, 0) is 12.8 Å². The van der Waals surface area contributed by atoms with Gasteiger partial charge in [0.2, 0.25) is 5.91 Å². The number of hydrogen-bond donors (Lipinski definition) is 3. The molecule has 104 valence electrons. The molecule has 0 radical (unpaired) electrons. The Bertz CT molecular complexity index is 319. The van der Waals surface area contributed by atoms with E-state index in [1.165, 1.54) is 0 Å². The Balaban J connectivity index is 4.45. The van der Waals surface area contributed by atoms with Gasteiger partial charge in [0.25, 0.3) is 5.91 Å². The van der Waals surface area contributed by atoms with Crippen LogP contribution in [0.3, 0.4) is 0 Å². The number of hydrogen-bond acceptors (Lipinski definition) is 4. The molecule has 0 spiro atoms. The summed E-state index contributed by atoms with van der Waals surface area (Å²) in [6, 6.07) is -1.75. The van der Waals surface area contributed by atoms with Crippen LogP contribution >= 0.6 is 0 Å². The van der Waals surface area contributed by atoms with Gasteiger partial charge in [0.15, 0.2) is 6.04 Å². The van der Waals surface area contributed by atoms with Gasteiger partial charge in [-0.3, -0.25) is 9.59 Å². The second-order valence-corrected chi connectivity index (χ2v) is 4.38. The molecule has 18 heavy (non-hydrogen) atoms. The van der Waals surface area contributed by atoms with Crippen LogP contribution in [0.4, 0.5) is 0 Å². The highest BCUT2D eigenvalue weighted by atomic mass is 16.4. The third kappa shape index (κ3) is 5.62. The van der Waals surface area contributed by atoms with E-state index in [-0.39, 0.29) is 18.8 Å². The first-order chi connectivity index (χ1) is 8.29. The van der Waals surface area contributed by atoms with E-state index in [9.17, 15) is 19.5 Å². The minimum Gasteiger partial charge on any atom is -0.548 e. The number of amides is 2. The van der Waals surface area contributed by atoms with Crippen molar-refractivity contribution in [1.82, 2.24) is 5.32 Å². The second kappa shape index (κ2) is 7.65. The first kappa shape index (κ1) is 16.4. The molecule has 0 bridgehead atoms. The molecule has 6 N–H and O–H groups in total. The highest BCUT2D eigenvalue weighted by Gasteiger charge is 2.25. The maximum absolute atomic E-state index is 11.7. The average molecular weight is 259 g/mol. The zero-order valence-electron chi connectivity index (χ0n) is 10.8. The van der Waals surface area contributed by atoms with Gasteiger partial charge in [-0.2, -0.15) is 0 Å². The number of aliphatic carboxylic acids is 1. The van der Waals surface area contributed by atoms with Crippen molar-refractivity contribution in [2.45, 2.75) is 45.2 Å². The fourth-order valence-electron chi connectivity index (χ4n) is 1.36. The summed E-state index contributed by atoms with van der Waals surface area (Å²) in [4.78, 5) is 33.1. The highest BCUT2D eigenvalue weighted by Crippen LogP contribution is 2.05. The van der Waals surface area contributed by atoms with Crippen LogP contribution in [-0.2, 0) is 14.4 Å². The average Bonchev–Trinajstić information content (AvgIpc) is 2.31. The van der Waals surface area contributed by atoms with Gasteiger partial charge < -0.3 is 26.7 Å². The van der Waals surface area contributed by atoms with E-state index in [2.05, 4.69) is 11.1 Å². The molecule has 0 unspecified atom stereocenters. The summed E-state index contributed by atoms with van der Waals surface area (Å²) in [7, 11) is 0. The number of carbonyl (C=O) groups excluding carboxylic acids is 3. The monoisotopic (exact) mass is 259 g/mol. The SMILES string of the molecule is CC[C@H](C)[C@H]([NH3+])C(=O)N[C@@H](CCC(N)=O)C(=O)[O-]. The van der Waals surface area contributed by atoms with E-state index in [1.54, 1.807) is 0 Å². The topological polar surface area (TPSA) is 140 Å². The van der Waals surface area contributed by atoms with Crippen molar-refractivity contribution in [2.75, 3.05) is 0 Å². The molecule has 0 saturated carbocycles. The van der Waals surface area contributed by atoms with Gasteiger partial charge in [-0.15, -0.1) is 0 Å². The van der Waals surface area contributed by atoms with Crippen molar-refractivity contribution in [1.29, 1.82) is 0 Å². The van der Waals surface area contributed by atoms with Gasteiger partial charge in [0.05, 0.1) is 12.0 Å². The number of quaternary nitrogens is 1. The molecule has 7 heteroatoms. The van der Waals surface area contributed by atoms with E-state index < -0.39 is 29.9 Å². The molecule has 0 rings (SSSR count). The van der Waals surface area contributed by atoms with Gasteiger partial charge in [-0.25, -0.2) is 0 Å². The predicted molar refractivity (Wildman–Crippen MR) is 61.5 cm³/mol. The lowest BCUT2D eigenvalue weighted by Gasteiger charge is -2.22. The second-order valence-electron chi connectivity index (χ2n) is 4.38. The molecule has 0 aliphatic rings. The Hall–Kier alpha value is -1.63. The van der Waals surface area contributed by atoms with Crippen molar-refractivity contribution in [3.05, 3.63) is 0 Å². The predicted octanol–water partition coefficient (Wildman–Crippen LogP) is -2.86. The quantitative estimate of drug-likeness (QED) is 0.431. The van der Waals surface area contributed by atoms with Gasteiger partial charge in [0.1, 0.15) is 0 Å². The molecule has 0 aromatic heterocycles. The Kier molecular flexibility index (Phi) is 6.96. The minimum absolute atomic E-state index is 0.0449. The molecular formula is C11H21N3O4. The minimum atomic E-state index is -1.43. The van der Waals surface area contributed by atoms with Gasteiger partial charge in [0, 0.05) is 12.3 Å². The molecule has 2 amide bonds. The number of nitrogens with two attached hydrogens (primary N) is 1. The summed E-state index contributed by atoms with van der Waals surface area (Å²) >= 11 is 0. The van der Waals surface area contributed by atoms with Crippen molar-refractivity contribution >= 4 is 17.8 Å². The Labute approximate surface area is 106 Å². The largest absolute Gasteiger partial charge is 0.548 e. The molecule has 0 aromatic rings. The number of carbonyl (C=O) groups is 3. The van der Waals surface area contributed by atoms with Gasteiger partial charge >= 0.3 is 0 Å². The molecule has 3 atom stereocenters. The molecular weight excluding hydrogens is 238 g/mol. The molecule has 7 nitrogen and oxygen atoms in total. The van der Waals surface area contributed by atoms with Crippen molar-refractivity contribution in [3.63, 3.8) is 0 Å². The van der Waals surface area contributed by atoms with Crippen molar-refractivity contribution in [3.8, 4) is 0 Å². The van der Waals surface area contributed by atoms with Crippen LogP contribution in [0.2, 0.25) is 0 Å². The van der Waals surface area contributed by atoms with Crippen LogP contribution in [0, 0.1) is 5.92 Å².